The van der Waals surface area contributed by atoms with Gasteiger partial charge in [0.05, 0.1) is 11.3 Å². The number of nitrogens with one attached hydrogen (secondary N) is 1. The Labute approximate surface area is 158 Å². The van der Waals surface area contributed by atoms with Crippen molar-refractivity contribution in [2.45, 2.75) is 6.92 Å². The van der Waals surface area contributed by atoms with Crippen LogP contribution in [0.2, 0.25) is 0 Å². The maximum Gasteiger partial charge on any atom is 0.257 e. The van der Waals surface area contributed by atoms with Crippen molar-refractivity contribution in [2.24, 2.45) is 0 Å². The molecule has 3 heterocycles. The van der Waals surface area contributed by atoms with Crippen LogP contribution in [0.5, 0.6) is 0 Å². The quantitative estimate of drug-likeness (QED) is 0.535. The highest BCUT2D eigenvalue weighted by atomic mass is 79.9. The molecule has 0 aliphatic heterocycles. The van der Waals surface area contributed by atoms with E-state index < -0.39 is 0 Å². The van der Waals surface area contributed by atoms with E-state index in [9.17, 15) is 4.79 Å². The number of benzene rings is 1. The highest BCUT2D eigenvalue weighted by Gasteiger charge is 2.11. The van der Waals surface area contributed by atoms with E-state index in [1.807, 2.05) is 60.1 Å². The average Bonchev–Trinajstić information content (AvgIpc) is 3.07. The third kappa shape index (κ3) is 3.23. The first kappa shape index (κ1) is 16.5. The zero-order valence-electron chi connectivity index (χ0n) is 14.0. The molecular formula is C20H15BrN4O. The first-order valence-electron chi connectivity index (χ1n) is 8.07. The second-order valence-corrected chi connectivity index (χ2v) is 6.88. The van der Waals surface area contributed by atoms with Gasteiger partial charge in [-0.25, -0.2) is 4.98 Å². The number of anilines is 1. The van der Waals surface area contributed by atoms with Gasteiger partial charge in [-0.15, -0.1) is 0 Å². The summed E-state index contributed by atoms with van der Waals surface area (Å²) in [4.78, 5) is 21.2. The summed E-state index contributed by atoms with van der Waals surface area (Å²) in [6, 6.07) is 13.6. The summed E-state index contributed by atoms with van der Waals surface area (Å²) in [5.41, 5.74) is 4.92. The number of carbonyl (C=O) groups is 1. The Kier molecular flexibility index (Phi) is 4.26. The molecule has 26 heavy (non-hydrogen) atoms. The topological polar surface area (TPSA) is 59.3 Å². The van der Waals surface area contributed by atoms with Gasteiger partial charge in [0, 0.05) is 40.5 Å². The van der Waals surface area contributed by atoms with E-state index in [-0.39, 0.29) is 5.91 Å². The molecule has 0 saturated carbocycles. The van der Waals surface area contributed by atoms with Gasteiger partial charge < -0.3 is 9.72 Å². The summed E-state index contributed by atoms with van der Waals surface area (Å²) >= 11 is 3.34. The largest absolute Gasteiger partial charge is 0.322 e. The van der Waals surface area contributed by atoms with Crippen LogP contribution in [0.3, 0.4) is 0 Å². The molecule has 128 valence electrons. The number of aromatic nitrogens is 3. The summed E-state index contributed by atoms with van der Waals surface area (Å²) < 4.78 is 2.74. The number of rotatable bonds is 3. The first-order valence-corrected chi connectivity index (χ1v) is 8.86. The molecule has 1 N–H and O–H groups in total. The summed E-state index contributed by atoms with van der Waals surface area (Å²) in [7, 11) is 0. The summed E-state index contributed by atoms with van der Waals surface area (Å²) in [6.45, 7) is 1.96. The first-order chi connectivity index (χ1) is 12.6. The fourth-order valence-corrected chi connectivity index (χ4v) is 3.09. The molecule has 0 saturated heterocycles. The lowest BCUT2D eigenvalue weighted by Crippen LogP contribution is -2.13. The molecule has 0 atom stereocenters. The van der Waals surface area contributed by atoms with Crippen LogP contribution in [0.1, 0.15) is 15.9 Å². The second kappa shape index (κ2) is 6.72. The van der Waals surface area contributed by atoms with E-state index in [1.54, 1.807) is 18.5 Å². The van der Waals surface area contributed by atoms with Gasteiger partial charge in [-0.1, -0.05) is 18.2 Å². The van der Waals surface area contributed by atoms with Crippen molar-refractivity contribution in [1.29, 1.82) is 0 Å². The normalized spacial score (nSPS) is 10.8. The molecule has 0 fully saturated rings. The minimum atomic E-state index is -0.200. The Bertz CT molecular complexity index is 1090. The number of nitrogens with zero attached hydrogens (tertiary/aromatic N) is 3. The molecule has 1 aromatic carbocycles. The fourth-order valence-electron chi connectivity index (χ4n) is 2.72. The number of aryl methyl sites for hydroxylation is 1. The van der Waals surface area contributed by atoms with Gasteiger partial charge in [0.1, 0.15) is 5.65 Å². The number of hydrogen-bond acceptors (Lipinski definition) is 3. The van der Waals surface area contributed by atoms with Crippen molar-refractivity contribution < 1.29 is 4.79 Å². The van der Waals surface area contributed by atoms with Gasteiger partial charge in [-0.2, -0.15) is 0 Å². The van der Waals surface area contributed by atoms with E-state index in [0.717, 1.165) is 32.6 Å². The molecule has 0 aliphatic rings. The lowest BCUT2D eigenvalue weighted by atomic mass is 10.1. The highest BCUT2D eigenvalue weighted by molar-refractivity contribution is 9.10. The Hall–Kier alpha value is -2.99. The van der Waals surface area contributed by atoms with Gasteiger partial charge >= 0.3 is 0 Å². The van der Waals surface area contributed by atoms with E-state index in [2.05, 4.69) is 31.2 Å². The summed E-state index contributed by atoms with van der Waals surface area (Å²) in [5, 5.41) is 2.96. The monoisotopic (exact) mass is 406 g/mol. The number of hydrogen-bond donors (Lipinski definition) is 1. The number of halogens is 1. The van der Waals surface area contributed by atoms with Gasteiger partial charge in [0.2, 0.25) is 0 Å². The molecule has 4 aromatic rings. The van der Waals surface area contributed by atoms with Crippen LogP contribution >= 0.6 is 15.9 Å². The van der Waals surface area contributed by atoms with Crippen LogP contribution < -0.4 is 5.32 Å². The molecule has 3 aromatic heterocycles. The van der Waals surface area contributed by atoms with E-state index in [1.165, 1.54) is 0 Å². The molecule has 0 aliphatic carbocycles. The lowest BCUT2D eigenvalue weighted by molar-refractivity contribution is 0.102. The number of pyridine rings is 2. The number of carbonyl (C=O) groups excluding carboxylic acids is 1. The predicted molar refractivity (Wildman–Crippen MR) is 105 cm³/mol. The maximum absolute atomic E-state index is 12.5. The summed E-state index contributed by atoms with van der Waals surface area (Å²) in [5.74, 6) is -0.200. The van der Waals surface area contributed by atoms with Gasteiger partial charge in [-0.05, 0) is 52.7 Å². The zero-order chi connectivity index (χ0) is 18.1. The zero-order valence-corrected chi connectivity index (χ0v) is 15.6. The molecule has 6 heteroatoms. The van der Waals surface area contributed by atoms with Gasteiger partial charge in [0.15, 0.2) is 0 Å². The van der Waals surface area contributed by atoms with E-state index in [0.29, 0.717) is 5.56 Å². The van der Waals surface area contributed by atoms with Crippen molar-refractivity contribution in [2.75, 3.05) is 5.32 Å². The smallest absolute Gasteiger partial charge is 0.257 e. The second-order valence-electron chi connectivity index (χ2n) is 5.97. The van der Waals surface area contributed by atoms with Crippen LogP contribution in [0, 0.1) is 6.92 Å². The van der Waals surface area contributed by atoms with E-state index in [4.69, 9.17) is 0 Å². The summed E-state index contributed by atoms with van der Waals surface area (Å²) in [6.07, 6.45) is 7.13. The lowest BCUT2D eigenvalue weighted by Gasteiger charge is -2.10. The SMILES string of the molecule is Cc1ccc(-c2cn3ccccc3n2)cc1NC(=O)c1cncc(Br)c1. The van der Waals surface area contributed by atoms with Crippen molar-refractivity contribution in [1.82, 2.24) is 14.4 Å². The van der Waals surface area contributed by atoms with Gasteiger partial charge in [-0.3, -0.25) is 9.78 Å². The predicted octanol–water partition coefficient (Wildman–Crippen LogP) is 4.72. The molecule has 0 bridgehead atoms. The molecule has 4 rings (SSSR count). The fraction of sp³-hybridized carbons (Fsp3) is 0.0500. The van der Waals surface area contributed by atoms with Crippen LogP contribution in [0.25, 0.3) is 16.9 Å². The highest BCUT2D eigenvalue weighted by Crippen LogP contribution is 2.26. The van der Waals surface area contributed by atoms with Crippen molar-refractivity contribution >= 4 is 33.2 Å². The van der Waals surface area contributed by atoms with Crippen molar-refractivity contribution in [3.63, 3.8) is 0 Å². The van der Waals surface area contributed by atoms with Crippen molar-refractivity contribution in [3.05, 3.63) is 82.9 Å². The standard InChI is InChI=1S/C20H15BrN4O/c1-13-5-6-14(18-12-25-7-3-2-4-19(25)23-18)9-17(13)24-20(26)15-8-16(21)11-22-10-15/h2-12H,1H3,(H,24,26). The van der Waals surface area contributed by atoms with Crippen LogP contribution in [-0.4, -0.2) is 20.3 Å². The molecular weight excluding hydrogens is 392 g/mol. The molecule has 5 nitrogen and oxygen atoms in total. The number of fused-ring (bicyclic) bond motifs is 1. The van der Waals surface area contributed by atoms with Crippen LogP contribution in [-0.2, 0) is 0 Å². The third-order valence-electron chi connectivity index (χ3n) is 4.11. The average molecular weight is 407 g/mol. The Morgan fingerprint density at radius 2 is 2.04 bits per heavy atom. The Morgan fingerprint density at radius 3 is 2.85 bits per heavy atom. The van der Waals surface area contributed by atoms with Gasteiger partial charge in [0.25, 0.3) is 5.91 Å². The Morgan fingerprint density at radius 1 is 1.15 bits per heavy atom. The Balaban J connectivity index is 1.67. The minimum Gasteiger partial charge on any atom is -0.322 e. The maximum atomic E-state index is 12.5. The number of amides is 1. The minimum absolute atomic E-state index is 0.200. The third-order valence-corrected chi connectivity index (χ3v) is 4.55. The van der Waals surface area contributed by atoms with Crippen LogP contribution in [0.4, 0.5) is 5.69 Å². The van der Waals surface area contributed by atoms with Crippen LogP contribution in [0.15, 0.2) is 71.7 Å². The number of imidazole rings is 1. The van der Waals surface area contributed by atoms with Crippen molar-refractivity contribution in [3.8, 4) is 11.3 Å². The molecule has 0 radical (unpaired) electrons. The molecule has 0 spiro atoms. The molecule has 0 unspecified atom stereocenters. The van der Waals surface area contributed by atoms with E-state index >= 15 is 0 Å². The molecule has 1 amide bonds.